The Hall–Kier alpha value is -1.43. The van der Waals surface area contributed by atoms with Crippen molar-refractivity contribution < 1.29 is 13.5 Å². The molecule has 74 valence electrons. The number of halogens is 2. The van der Waals surface area contributed by atoms with Gasteiger partial charge in [0.15, 0.2) is 16.7 Å². The third kappa shape index (κ3) is 1.19. The van der Waals surface area contributed by atoms with Gasteiger partial charge >= 0.3 is 0 Å². The second-order valence-electron chi connectivity index (χ2n) is 2.60. The molecule has 0 amide bonds. The Morgan fingerprint density at radius 3 is 2.86 bits per heavy atom. The van der Waals surface area contributed by atoms with Gasteiger partial charge in [-0.3, -0.25) is 0 Å². The highest BCUT2D eigenvalue weighted by Gasteiger charge is 2.17. The van der Waals surface area contributed by atoms with Crippen LogP contribution in [-0.4, -0.2) is 12.1 Å². The number of nitrogens with zero attached hydrogens (tertiary/aromatic N) is 1. The van der Waals surface area contributed by atoms with Crippen LogP contribution in [0.3, 0.4) is 0 Å². The highest BCUT2D eigenvalue weighted by Crippen LogP contribution is 2.34. The van der Waals surface area contributed by atoms with Crippen LogP contribution in [0.2, 0.25) is 0 Å². The molecule has 0 bridgehead atoms. The van der Waals surface area contributed by atoms with Crippen molar-refractivity contribution in [2.45, 2.75) is 0 Å². The summed E-state index contributed by atoms with van der Waals surface area (Å²) in [4.78, 5) is 3.85. The molecule has 14 heavy (non-hydrogen) atoms. The zero-order valence-corrected chi connectivity index (χ0v) is 7.99. The summed E-state index contributed by atoms with van der Waals surface area (Å²) in [6.07, 6.45) is 0. The lowest BCUT2D eigenvalue weighted by Gasteiger charge is -2.02. The van der Waals surface area contributed by atoms with Crippen LogP contribution in [-0.2, 0) is 0 Å². The summed E-state index contributed by atoms with van der Waals surface area (Å²) in [6.45, 7) is 0. The fourth-order valence-corrected chi connectivity index (χ4v) is 1.95. The van der Waals surface area contributed by atoms with Crippen LogP contribution in [0.25, 0.3) is 10.2 Å². The smallest absolute Gasteiger partial charge is 0.202 e. The van der Waals surface area contributed by atoms with Crippen LogP contribution in [0.5, 0.6) is 5.75 Å². The Morgan fingerprint density at radius 2 is 2.21 bits per heavy atom. The van der Waals surface area contributed by atoms with E-state index in [9.17, 15) is 8.78 Å². The molecule has 2 aromatic rings. The molecule has 0 aliphatic carbocycles. The molecule has 0 spiro atoms. The lowest BCUT2D eigenvalue weighted by molar-refractivity contribution is 0.376. The first-order valence-corrected chi connectivity index (χ1v) is 4.53. The van der Waals surface area contributed by atoms with Crippen LogP contribution in [0, 0.1) is 11.6 Å². The predicted molar refractivity (Wildman–Crippen MR) is 50.5 cm³/mol. The van der Waals surface area contributed by atoms with E-state index >= 15 is 0 Å². The fraction of sp³-hybridized carbons (Fsp3) is 0.125. The molecular formula is C8H6F2N2OS. The molecule has 0 saturated heterocycles. The van der Waals surface area contributed by atoms with Gasteiger partial charge in [0.2, 0.25) is 5.82 Å². The van der Waals surface area contributed by atoms with Gasteiger partial charge in [0.25, 0.3) is 0 Å². The zero-order valence-electron chi connectivity index (χ0n) is 7.17. The standard InChI is InChI=1S/C8H6F2N2OS/c1-13-7-5(10)3(9)2-4-6(7)12-8(11)14-4/h2H,1H3,(H2,11,12). The molecule has 1 heterocycles. The minimum Gasteiger partial charge on any atom is -0.491 e. The molecule has 3 nitrogen and oxygen atoms in total. The Balaban J connectivity index is 2.87. The highest BCUT2D eigenvalue weighted by atomic mass is 32.1. The summed E-state index contributed by atoms with van der Waals surface area (Å²) in [5.41, 5.74) is 5.68. The largest absolute Gasteiger partial charge is 0.491 e. The Bertz CT molecular complexity index is 498. The van der Waals surface area contributed by atoms with E-state index in [0.717, 1.165) is 17.4 Å². The number of methoxy groups -OCH3 is 1. The second kappa shape index (κ2) is 3.06. The average Bonchev–Trinajstić information content (AvgIpc) is 2.47. The number of hydrogen-bond donors (Lipinski definition) is 1. The normalized spacial score (nSPS) is 10.8. The van der Waals surface area contributed by atoms with E-state index in [1.807, 2.05) is 0 Å². The van der Waals surface area contributed by atoms with Gasteiger partial charge in [-0.1, -0.05) is 11.3 Å². The van der Waals surface area contributed by atoms with Crippen molar-refractivity contribution in [1.29, 1.82) is 0 Å². The maximum absolute atomic E-state index is 13.2. The molecule has 0 fully saturated rings. The summed E-state index contributed by atoms with van der Waals surface area (Å²) in [5, 5.41) is 0.253. The zero-order chi connectivity index (χ0) is 10.3. The van der Waals surface area contributed by atoms with Crippen LogP contribution in [0.1, 0.15) is 0 Å². The molecule has 0 aliphatic rings. The van der Waals surface area contributed by atoms with Gasteiger partial charge in [-0.15, -0.1) is 0 Å². The maximum atomic E-state index is 13.2. The summed E-state index contributed by atoms with van der Waals surface area (Å²) in [7, 11) is 1.26. The number of rotatable bonds is 1. The second-order valence-corrected chi connectivity index (χ2v) is 3.67. The molecule has 6 heteroatoms. The molecule has 2 N–H and O–H groups in total. The summed E-state index contributed by atoms with van der Waals surface area (Å²) < 4.78 is 31.4. The SMILES string of the molecule is COc1c(F)c(F)cc2sc(N)nc12. The molecule has 1 aromatic heterocycles. The quantitative estimate of drug-likeness (QED) is 0.794. The van der Waals surface area contributed by atoms with Gasteiger partial charge < -0.3 is 10.5 Å². The topological polar surface area (TPSA) is 48.1 Å². The number of ether oxygens (including phenoxy) is 1. The van der Waals surface area contributed by atoms with Crippen molar-refractivity contribution in [2.75, 3.05) is 12.8 Å². The minimum atomic E-state index is -1.04. The molecular weight excluding hydrogens is 210 g/mol. The lowest BCUT2D eigenvalue weighted by atomic mass is 10.3. The molecule has 0 radical (unpaired) electrons. The third-order valence-electron chi connectivity index (χ3n) is 1.76. The Labute approximate surface area is 82.1 Å². The van der Waals surface area contributed by atoms with Crippen LogP contribution >= 0.6 is 11.3 Å². The third-order valence-corrected chi connectivity index (χ3v) is 2.59. The monoisotopic (exact) mass is 216 g/mol. The number of aromatic nitrogens is 1. The summed E-state index contributed by atoms with van der Waals surface area (Å²) in [6, 6.07) is 1.06. The molecule has 0 saturated carbocycles. The number of anilines is 1. The number of thiazole rings is 1. The number of benzene rings is 1. The van der Waals surface area contributed by atoms with Crippen LogP contribution in [0.15, 0.2) is 6.07 Å². The first-order valence-electron chi connectivity index (χ1n) is 3.71. The van der Waals surface area contributed by atoms with E-state index in [0.29, 0.717) is 4.70 Å². The van der Waals surface area contributed by atoms with Crippen molar-refractivity contribution >= 4 is 26.7 Å². The molecule has 0 unspecified atom stereocenters. The molecule has 2 rings (SSSR count). The first kappa shape index (κ1) is 9.14. The van der Waals surface area contributed by atoms with Crippen molar-refractivity contribution in [1.82, 2.24) is 4.98 Å². The van der Waals surface area contributed by atoms with E-state index in [1.54, 1.807) is 0 Å². The summed E-state index contributed by atoms with van der Waals surface area (Å²) in [5.74, 6) is -2.20. The van der Waals surface area contributed by atoms with E-state index in [1.165, 1.54) is 7.11 Å². The highest BCUT2D eigenvalue weighted by molar-refractivity contribution is 7.22. The van der Waals surface area contributed by atoms with E-state index in [-0.39, 0.29) is 16.4 Å². The van der Waals surface area contributed by atoms with Gasteiger partial charge in [0.1, 0.15) is 5.52 Å². The first-order chi connectivity index (χ1) is 6.63. The van der Waals surface area contributed by atoms with Crippen molar-refractivity contribution in [2.24, 2.45) is 0 Å². The molecule has 1 aromatic carbocycles. The number of hydrogen-bond acceptors (Lipinski definition) is 4. The van der Waals surface area contributed by atoms with Crippen LogP contribution < -0.4 is 10.5 Å². The number of nitrogen functional groups attached to an aromatic ring is 1. The van der Waals surface area contributed by atoms with E-state index in [2.05, 4.69) is 4.98 Å². The van der Waals surface area contributed by atoms with Gasteiger partial charge in [-0.2, -0.15) is 4.39 Å². The Kier molecular flexibility index (Phi) is 1.99. The predicted octanol–water partition coefficient (Wildman–Crippen LogP) is 2.17. The van der Waals surface area contributed by atoms with Crippen molar-refractivity contribution in [3.63, 3.8) is 0 Å². The van der Waals surface area contributed by atoms with E-state index < -0.39 is 11.6 Å². The number of fused-ring (bicyclic) bond motifs is 1. The molecule has 0 aliphatic heterocycles. The van der Waals surface area contributed by atoms with Crippen molar-refractivity contribution in [3.8, 4) is 5.75 Å². The minimum absolute atomic E-state index is 0.201. The van der Waals surface area contributed by atoms with E-state index in [4.69, 9.17) is 10.5 Å². The number of nitrogens with two attached hydrogens (primary N) is 1. The van der Waals surface area contributed by atoms with Crippen LogP contribution in [0.4, 0.5) is 13.9 Å². The Morgan fingerprint density at radius 1 is 1.50 bits per heavy atom. The summed E-state index contributed by atoms with van der Waals surface area (Å²) >= 11 is 1.08. The molecule has 0 atom stereocenters. The van der Waals surface area contributed by atoms with Crippen molar-refractivity contribution in [3.05, 3.63) is 17.7 Å². The van der Waals surface area contributed by atoms with Gasteiger partial charge in [-0.25, -0.2) is 9.37 Å². The van der Waals surface area contributed by atoms with Gasteiger partial charge in [-0.05, 0) is 6.07 Å². The van der Waals surface area contributed by atoms with Gasteiger partial charge in [0, 0.05) is 0 Å². The maximum Gasteiger partial charge on any atom is 0.202 e. The van der Waals surface area contributed by atoms with Gasteiger partial charge in [0.05, 0.1) is 11.8 Å². The fourth-order valence-electron chi connectivity index (χ4n) is 1.19. The average molecular weight is 216 g/mol. The lowest BCUT2D eigenvalue weighted by Crippen LogP contribution is -1.93.